The molecule has 12 heteroatoms. The van der Waals surface area contributed by atoms with Gasteiger partial charge in [0.1, 0.15) is 0 Å². The molecule has 0 bridgehead atoms. The molecule has 0 atom stereocenters. The third-order valence-electron chi connectivity index (χ3n) is 4.82. The molecule has 0 spiro atoms. The van der Waals surface area contributed by atoms with Gasteiger partial charge in [0.15, 0.2) is 6.61 Å². The van der Waals surface area contributed by atoms with E-state index in [4.69, 9.17) is 9.47 Å². The molecule has 0 aliphatic carbocycles. The van der Waals surface area contributed by atoms with Crippen molar-refractivity contribution in [2.24, 2.45) is 0 Å². The van der Waals surface area contributed by atoms with E-state index in [-0.39, 0.29) is 42.4 Å². The number of hydrogen-bond acceptors (Lipinski definition) is 6. The highest BCUT2D eigenvalue weighted by molar-refractivity contribution is 7.89. The highest BCUT2D eigenvalue weighted by Gasteiger charge is 2.31. The molecule has 1 saturated heterocycles. The van der Waals surface area contributed by atoms with Crippen molar-refractivity contribution in [1.29, 1.82) is 0 Å². The van der Waals surface area contributed by atoms with Gasteiger partial charge in [-0.15, -0.1) is 0 Å². The minimum atomic E-state index is -4.57. The standard InChI is InChI=1S/C21H21F3N2O6S/c1-14-5-6-15(11-18(14)33(29,30)26-7-9-31-10-8-26)20(28)32-13-19(27)25-17-4-2-3-16(12-17)21(22,23)24/h2-6,11-12H,7-10,13H2,1H3,(H,25,27). The molecule has 0 radical (unpaired) electrons. The van der Waals surface area contributed by atoms with Crippen LogP contribution < -0.4 is 5.32 Å². The maximum absolute atomic E-state index is 12.9. The number of nitrogens with one attached hydrogen (secondary N) is 1. The number of amides is 1. The number of ether oxygens (including phenoxy) is 2. The first kappa shape index (κ1) is 24.7. The SMILES string of the molecule is Cc1ccc(C(=O)OCC(=O)Nc2cccc(C(F)(F)F)c2)cc1S(=O)(=O)N1CCOCC1. The molecule has 1 heterocycles. The van der Waals surface area contributed by atoms with Crippen LogP contribution in [0.1, 0.15) is 21.5 Å². The molecule has 0 saturated carbocycles. The molecular weight excluding hydrogens is 465 g/mol. The van der Waals surface area contributed by atoms with Crippen LogP contribution in [0.25, 0.3) is 0 Å². The van der Waals surface area contributed by atoms with Crippen molar-refractivity contribution in [3.8, 4) is 0 Å². The average molecular weight is 486 g/mol. The van der Waals surface area contributed by atoms with Crippen LogP contribution in [0.15, 0.2) is 47.4 Å². The van der Waals surface area contributed by atoms with Gasteiger partial charge in [-0.3, -0.25) is 4.79 Å². The summed E-state index contributed by atoms with van der Waals surface area (Å²) in [7, 11) is -3.86. The fourth-order valence-electron chi connectivity index (χ4n) is 3.12. The number of hydrogen-bond donors (Lipinski definition) is 1. The van der Waals surface area contributed by atoms with Crippen molar-refractivity contribution >= 4 is 27.6 Å². The number of halogens is 3. The largest absolute Gasteiger partial charge is 0.452 e. The van der Waals surface area contributed by atoms with E-state index in [0.29, 0.717) is 5.56 Å². The topological polar surface area (TPSA) is 102 Å². The van der Waals surface area contributed by atoms with Crippen molar-refractivity contribution < 1.29 is 40.7 Å². The van der Waals surface area contributed by atoms with E-state index in [1.165, 1.54) is 28.6 Å². The van der Waals surface area contributed by atoms with Crippen molar-refractivity contribution in [2.75, 3.05) is 38.2 Å². The van der Waals surface area contributed by atoms with Crippen LogP contribution in [0.3, 0.4) is 0 Å². The number of sulfonamides is 1. The number of aryl methyl sites for hydroxylation is 1. The van der Waals surface area contributed by atoms with E-state index in [0.717, 1.165) is 18.2 Å². The summed E-state index contributed by atoms with van der Waals surface area (Å²) >= 11 is 0. The van der Waals surface area contributed by atoms with Gasteiger partial charge >= 0.3 is 12.1 Å². The molecule has 33 heavy (non-hydrogen) atoms. The lowest BCUT2D eigenvalue weighted by Crippen LogP contribution is -2.40. The molecule has 2 aromatic rings. The first-order chi connectivity index (χ1) is 15.5. The second kappa shape index (κ2) is 9.89. The average Bonchev–Trinajstić information content (AvgIpc) is 2.78. The number of anilines is 1. The third kappa shape index (κ3) is 6.09. The number of benzene rings is 2. The normalized spacial score (nSPS) is 15.2. The van der Waals surface area contributed by atoms with Crippen molar-refractivity contribution in [3.63, 3.8) is 0 Å². The molecule has 0 aromatic heterocycles. The smallest absolute Gasteiger partial charge is 0.416 e. The number of morpholine rings is 1. The Balaban J connectivity index is 1.66. The van der Waals surface area contributed by atoms with E-state index in [1.54, 1.807) is 6.92 Å². The Kier molecular flexibility index (Phi) is 7.40. The minimum Gasteiger partial charge on any atom is -0.452 e. The monoisotopic (exact) mass is 486 g/mol. The summed E-state index contributed by atoms with van der Waals surface area (Å²) in [5, 5.41) is 2.22. The summed E-state index contributed by atoms with van der Waals surface area (Å²) in [5.74, 6) is -1.80. The Morgan fingerprint density at radius 2 is 1.82 bits per heavy atom. The molecular formula is C21H21F3N2O6S. The summed E-state index contributed by atoms with van der Waals surface area (Å²) in [6.07, 6.45) is -4.57. The van der Waals surface area contributed by atoms with Crippen LogP contribution in [0.2, 0.25) is 0 Å². The van der Waals surface area contributed by atoms with Gasteiger partial charge in [-0.25, -0.2) is 13.2 Å². The number of nitrogens with zero attached hydrogens (tertiary/aromatic N) is 1. The summed E-state index contributed by atoms with van der Waals surface area (Å²) in [4.78, 5) is 24.3. The molecule has 178 valence electrons. The second-order valence-electron chi connectivity index (χ2n) is 7.20. The number of carbonyl (C=O) groups excluding carboxylic acids is 2. The highest BCUT2D eigenvalue weighted by atomic mass is 32.2. The fourth-order valence-corrected chi connectivity index (χ4v) is 4.77. The molecule has 0 unspecified atom stereocenters. The van der Waals surface area contributed by atoms with Crippen LogP contribution in [-0.2, 0) is 30.5 Å². The minimum absolute atomic E-state index is 0.0627. The predicted octanol–water partition coefficient (Wildman–Crippen LogP) is 2.83. The van der Waals surface area contributed by atoms with Gasteiger partial charge in [-0.2, -0.15) is 17.5 Å². The van der Waals surface area contributed by atoms with Gasteiger partial charge in [-0.05, 0) is 42.8 Å². The molecule has 1 N–H and O–H groups in total. The quantitative estimate of drug-likeness (QED) is 0.630. The van der Waals surface area contributed by atoms with Crippen LogP contribution in [0.4, 0.5) is 18.9 Å². The van der Waals surface area contributed by atoms with E-state index >= 15 is 0 Å². The Morgan fingerprint density at radius 1 is 1.12 bits per heavy atom. The molecule has 1 amide bonds. The Morgan fingerprint density at radius 3 is 2.48 bits per heavy atom. The maximum atomic E-state index is 12.9. The van der Waals surface area contributed by atoms with Crippen molar-refractivity contribution in [2.45, 2.75) is 18.0 Å². The first-order valence-electron chi connectivity index (χ1n) is 9.81. The molecule has 8 nitrogen and oxygen atoms in total. The van der Waals surface area contributed by atoms with Gasteiger partial charge < -0.3 is 14.8 Å². The highest BCUT2D eigenvalue weighted by Crippen LogP contribution is 2.30. The molecule has 3 rings (SSSR count). The lowest BCUT2D eigenvalue weighted by Gasteiger charge is -2.26. The zero-order chi connectivity index (χ0) is 24.2. The zero-order valence-corrected chi connectivity index (χ0v) is 18.3. The first-order valence-corrected chi connectivity index (χ1v) is 11.3. The van der Waals surface area contributed by atoms with Gasteiger partial charge in [0, 0.05) is 18.8 Å². The van der Waals surface area contributed by atoms with E-state index in [2.05, 4.69) is 5.32 Å². The van der Waals surface area contributed by atoms with Crippen molar-refractivity contribution in [3.05, 3.63) is 59.2 Å². The fraction of sp³-hybridized carbons (Fsp3) is 0.333. The Bertz CT molecular complexity index is 1140. The van der Waals surface area contributed by atoms with Gasteiger partial charge in [0.05, 0.1) is 29.2 Å². The zero-order valence-electron chi connectivity index (χ0n) is 17.5. The van der Waals surface area contributed by atoms with Gasteiger partial charge in [0.25, 0.3) is 5.91 Å². The van der Waals surface area contributed by atoms with Gasteiger partial charge in [0.2, 0.25) is 10.0 Å². The number of carbonyl (C=O) groups is 2. The Hall–Kier alpha value is -2.96. The maximum Gasteiger partial charge on any atom is 0.416 e. The van der Waals surface area contributed by atoms with E-state index in [1.807, 2.05) is 0 Å². The molecule has 1 aliphatic rings. The lowest BCUT2D eigenvalue weighted by atomic mass is 10.1. The van der Waals surface area contributed by atoms with E-state index < -0.39 is 40.2 Å². The Labute approximate surface area is 188 Å². The van der Waals surface area contributed by atoms with Crippen LogP contribution >= 0.6 is 0 Å². The van der Waals surface area contributed by atoms with Crippen LogP contribution in [0.5, 0.6) is 0 Å². The number of rotatable bonds is 6. The summed E-state index contributed by atoms with van der Waals surface area (Å²) in [6.45, 7) is 1.72. The van der Waals surface area contributed by atoms with Crippen LogP contribution in [-0.4, -0.2) is 57.5 Å². The lowest BCUT2D eigenvalue weighted by molar-refractivity contribution is -0.137. The summed E-state index contributed by atoms with van der Waals surface area (Å²) in [5.41, 5.74) is -0.703. The number of alkyl halides is 3. The van der Waals surface area contributed by atoms with Crippen LogP contribution in [0, 0.1) is 6.92 Å². The predicted molar refractivity (Wildman–Crippen MR) is 111 cm³/mol. The third-order valence-corrected chi connectivity index (χ3v) is 6.86. The molecule has 1 aliphatic heterocycles. The molecule has 1 fully saturated rings. The second-order valence-corrected chi connectivity index (χ2v) is 9.11. The summed E-state index contributed by atoms with van der Waals surface area (Å²) < 4.78 is 75.5. The number of esters is 1. The summed E-state index contributed by atoms with van der Waals surface area (Å²) in [6, 6.07) is 7.99. The van der Waals surface area contributed by atoms with Crippen molar-refractivity contribution in [1.82, 2.24) is 4.31 Å². The molecule has 2 aromatic carbocycles. The van der Waals surface area contributed by atoms with E-state index in [9.17, 15) is 31.2 Å². The van der Waals surface area contributed by atoms with Gasteiger partial charge in [-0.1, -0.05) is 12.1 Å².